The SMILES string of the molecule is CCN(C(=O)c1ccnc(NCc2ccc(C)cc2)n1)c1cccc(C)c1. The second kappa shape index (κ2) is 8.45. The second-order valence-electron chi connectivity index (χ2n) is 6.49. The molecule has 5 nitrogen and oxygen atoms in total. The fourth-order valence-corrected chi connectivity index (χ4v) is 2.83. The minimum Gasteiger partial charge on any atom is -0.350 e. The summed E-state index contributed by atoms with van der Waals surface area (Å²) >= 11 is 0. The molecular formula is C22H24N4O. The van der Waals surface area contributed by atoms with Crippen molar-refractivity contribution in [1.29, 1.82) is 0 Å². The molecule has 0 fully saturated rings. The third kappa shape index (κ3) is 4.70. The van der Waals surface area contributed by atoms with Crippen LogP contribution in [0.25, 0.3) is 0 Å². The maximum Gasteiger partial charge on any atom is 0.277 e. The number of carbonyl (C=O) groups is 1. The number of hydrogen-bond donors (Lipinski definition) is 1. The number of hydrogen-bond acceptors (Lipinski definition) is 4. The number of aromatic nitrogens is 2. The number of nitrogens with one attached hydrogen (secondary N) is 1. The lowest BCUT2D eigenvalue weighted by atomic mass is 10.1. The van der Waals surface area contributed by atoms with E-state index in [-0.39, 0.29) is 5.91 Å². The van der Waals surface area contributed by atoms with Crippen molar-refractivity contribution in [1.82, 2.24) is 9.97 Å². The molecule has 0 unspecified atom stereocenters. The lowest BCUT2D eigenvalue weighted by Gasteiger charge is -2.21. The van der Waals surface area contributed by atoms with Gasteiger partial charge in [-0.3, -0.25) is 4.79 Å². The number of nitrogens with zero attached hydrogens (tertiary/aromatic N) is 3. The van der Waals surface area contributed by atoms with Crippen molar-refractivity contribution < 1.29 is 4.79 Å². The van der Waals surface area contributed by atoms with Crippen molar-refractivity contribution in [2.24, 2.45) is 0 Å². The van der Waals surface area contributed by atoms with Gasteiger partial charge in [0.25, 0.3) is 5.91 Å². The van der Waals surface area contributed by atoms with Crippen LogP contribution in [-0.4, -0.2) is 22.4 Å². The first-order chi connectivity index (χ1) is 13.1. The Labute approximate surface area is 160 Å². The quantitative estimate of drug-likeness (QED) is 0.709. The number of benzene rings is 2. The Bertz CT molecular complexity index is 922. The van der Waals surface area contributed by atoms with E-state index in [0.717, 1.165) is 16.8 Å². The molecule has 3 rings (SSSR count). The molecule has 1 aromatic heterocycles. The van der Waals surface area contributed by atoms with Gasteiger partial charge < -0.3 is 10.2 Å². The molecule has 1 amide bonds. The van der Waals surface area contributed by atoms with Crippen LogP contribution in [0.15, 0.2) is 60.8 Å². The van der Waals surface area contributed by atoms with Crippen LogP contribution in [0.4, 0.5) is 11.6 Å². The molecule has 138 valence electrons. The molecule has 2 aromatic carbocycles. The topological polar surface area (TPSA) is 58.1 Å². The molecule has 1 heterocycles. The summed E-state index contributed by atoms with van der Waals surface area (Å²) in [6.07, 6.45) is 1.61. The van der Waals surface area contributed by atoms with Gasteiger partial charge in [-0.2, -0.15) is 0 Å². The van der Waals surface area contributed by atoms with Gasteiger partial charge in [-0.25, -0.2) is 9.97 Å². The number of anilines is 2. The molecule has 27 heavy (non-hydrogen) atoms. The summed E-state index contributed by atoms with van der Waals surface area (Å²) in [6.45, 7) is 7.20. The normalized spacial score (nSPS) is 10.5. The highest BCUT2D eigenvalue weighted by molar-refractivity contribution is 6.04. The van der Waals surface area contributed by atoms with Gasteiger partial charge in [0.15, 0.2) is 0 Å². The maximum absolute atomic E-state index is 13.0. The summed E-state index contributed by atoms with van der Waals surface area (Å²) in [6, 6.07) is 17.8. The summed E-state index contributed by atoms with van der Waals surface area (Å²) in [5.74, 6) is 0.311. The van der Waals surface area contributed by atoms with Gasteiger partial charge in [0.1, 0.15) is 5.69 Å². The number of aryl methyl sites for hydroxylation is 2. The van der Waals surface area contributed by atoms with E-state index in [9.17, 15) is 4.79 Å². The lowest BCUT2D eigenvalue weighted by molar-refractivity contribution is 0.0983. The van der Waals surface area contributed by atoms with Crippen LogP contribution in [0.3, 0.4) is 0 Å². The van der Waals surface area contributed by atoms with E-state index in [1.807, 2.05) is 38.1 Å². The van der Waals surface area contributed by atoms with Gasteiger partial charge in [-0.15, -0.1) is 0 Å². The fraction of sp³-hybridized carbons (Fsp3) is 0.227. The van der Waals surface area contributed by atoms with E-state index in [1.54, 1.807) is 17.2 Å². The van der Waals surface area contributed by atoms with E-state index < -0.39 is 0 Å². The third-order valence-corrected chi connectivity index (χ3v) is 4.32. The van der Waals surface area contributed by atoms with E-state index >= 15 is 0 Å². The molecule has 5 heteroatoms. The van der Waals surface area contributed by atoms with Crippen LogP contribution in [-0.2, 0) is 6.54 Å². The van der Waals surface area contributed by atoms with E-state index in [2.05, 4.69) is 46.5 Å². The Balaban J connectivity index is 1.75. The number of amides is 1. The van der Waals surface area contributed by atoms with Crippen molar-refractivity contribution in [3.05, 3.63) is 83.2 Å². The monoisotopic (exact) mass is 360 g/mol. The summed E-state index contributed by atoms with van der Waals surface area (Å²) < 4.78 is 0. The predicted octanol–water partition coefficient (Wildman–Crippen LogP) is 4.37. The summed E-state index contributed by atoms with van der Waals surface area (Å²) in [5.41, 5.74) is 4.71. The van der Waals surface area contributed by atoms with Gasteiger partial charge in [0.2, 0.25) is 5.95 Å². The molecule has 0 saturated heterocycles. The minimum atomic E-state index is -0.135. The van der Waals surface area contributed by atoms with Gasteiger partial charge in [0.05, 0.1) is 0 Å². The zero-order chi connectivity index (χ0) is 19.2. The zero-order valence-electron chi connectivity index (χ0n) is 15.9. The van der Waals surface area contributed by atoms with Crippen molar-refractivity contribution in [2.45, 2.75) is 27.3 Å². The fourth-order valence-electron chi connectivity index (χ4n) is 2.83. The lowest BCUT2D eigenvalue weighted by Crippen LogP contribution is -2.31. The van der Waals surface area contributed by atoms with Crippen molar-refractivity contribution in [3.63, 3.8) is 0 Å². The van der Waals surface area contributed by atoms with Crippen LogP contribution < -0.4 is 10.2 Å². The molecular weight excluding hydrogens is 336 g/mol. The Hall–Kier alpha value is -3.21. The summed E-state index contributed by atoms with van der Waals surface area (Å²) in [5, 5.41) is 3.19. The van der Waals surface area contributed by atoms with Crippen LogP contribution in [0.5, 0.6) is 0 Å². The largest absolute Gasteiger partial charge is 0.350 e. The number of rotatable bonds is 6. The van der Waals surface area contributed by atoms with Crippen LogP contribution in [0.1, 0.15) is 34.1 Å². The minimum absolute atomic E-state index is 0.135. The first-order valence-electron chi connectivity index (χ1n) is 9.08. The average Bonchev–Trinajstić information content (AvgIpc) is 2.68. The molecule has 0 aliphatic heterocycles. The van der Waals surface area contributed by atoms with Gasteiger partial charge in [0, 0.05) is 25.0 Å². The van der Waals surface area contributed by atoms with Crippen molar-refractivity contribution >= 4 is 17.5 Å². The third-order valence-electron chi connectivity index (χ3n) is 4.32. The highest BCUT2D eigenvalue weighted by Crippen LogP contribution is 2.18. The average molecular weight is 360 g/mol. The molecule has 3 aromatic rings. The zero-order valence-corrected chi connectivity index (χ0v) is 15.9. The van der Waals surface area contributed by atoms with Crippen molar-refractivity contribution in [2.75, 3.05) is 16.8 Å². The Morgan fingerprint density at radius 2 is 1.81 bits per heavy atom. The molecule has 0 atom stereocenters. The van der Waals surface area contributed by atoms with Gasteiger partial charge in [-0.05, 0) is 50.1 Å². The summed E-state index contributed by atoms with van der Waals surface area (Å²) in [4.78, 5) is 23.3. The second-order valence-corrected chi connectivity index (χ2v) is 6.49. The molecule has 0 radical (unpaired) electrons. The Kier molecular flexibility index (Phi) is 5.81. The molecule has 1 N–H and O–H groups in total. The molecule has 0 aliphatic rings. The van der Waals surface area contributed by atoms with Crippen molar-refractivity contribution in [3.8, 4) is 0 Å². The van der Waals surface area contributed by atoms with Crippen LogP contribution in [0.2, 0.25) is 0 Å². The molecule has 0 spiro atoms. The van der Waals surface area contributed by atoms with E-state index in [4.69, 9.17) is 0 Å². The molecule has 0 aliphatic carbocycles. The van der Waals surface area contributed by atoms with Gasteiger partial charge >= 0.3 is 0 Å². The van der Waals surface area contributed by atoms with Gasteiger partial charge in [-0.1, -0.05) is 42.0 Å². The Morgan fingerprint density at radius 1 is 1.04 bits per heavy atom. The van der Waals surface area contributed by atoms with Crippen LogP contribution in [0, 0.1) is 13.8 Å². The standard InChI is InChI=1S/C22H24N4O/c1-4-26(19-7-5-6-17(3)14-19)21(27)20-12-13-23-22(25-20)24-15-18-10-8-16(2)9-11-18/h5-14H,4,15H2,1-3H3,(H,23,24,25). The number of carbonyl (C=O) groups excluding carboxylic acids is 1. The highest BCUT2D eigenvalue weighted by atomic mass is 16.2. The first-order valence-corrected chi connectivity index (χ1v) is 9.08. The van der Waals surface area contributed by atoms with E-state index in [0.29, 0.717) is 24.7 Å². The summed E-state index contributed by atoms with van der Waals surface area (Å²) in [7, 11) is 0. The Morgan fingerprint density at radius 3 is 2.52 bits per heavy atom. The first kappa shape index (κ1) is 18.6. The highest BCUT2D eigenvalue weighted by Gasteiger charge is 2.18. The van der Waals surface area contributed by atoms with E-state index in [1.165, 1.54) is 5.56 Å². The van der Waals surface area contributed by atoms with Crippen LogP contribution >= 0.6 is 0 Å². The smallest absolute Gasteiger partial charge is 0.277 e. The maximum atomic E-state index is 13.0. The molecule has 0 saturated carbocycles. The predicted molar refractivity (Wildman–Crippen MR) is 109 cm³/mol. The molecule has 0 bridgehead atoms.